The number of rotatable bonds is 5. The Morgan fingerprint density at radius 3 is 2.57 bits per heavy atom. The molecule has 5 nitrogen and oxygen atoms in total. The molecule has 0 atom stereocenters. The van der Waals surface area contributed by atoms with Gasteiger partial charge in [-0.25, -0.2) is 4.98 Å². The minimum absolute atomic E-state index is 0.113. The van der Waals surface area contributed by atoms with Gasteiger partial charge in [-0.3, -0.25) is 4.79 Å². The zero-order valence-corrected chi connectivity index (χ0v) is 17.7. The lowest BCUT2D eigenvalue weighted by atomic mass is 10.2. The molecule has 28 heavy (non-hydrogen) atoms. The van der Waals surface area contributed by atoms with Crippen LogP contribution >= 0.6 is 23.1 Å². The molecule has 0 N–H and O–H groups in total. The fourth-order valence-electron chi connectivity index (χ4n) is 3.30. The zero-order valence-electron chi connectivity index (χ0n) is 16.1. The first kappa shape index (κ1) is 19.1. The van der Waals surface area contributed by atoms with Crippen molar-refractivity contribution in [1.82, 2.24) is 9.88 Å². The lowest BCUT2D eigenvalue weighted by Crippen LogP contribution is -2.48. The number of methoxy groups -OCH3 is 1. The predicted molar refractivity (Wildman–Crippen MR) is 117 cm³/mol. The van der Waals surface area contributed by atoms with Crippen LogP contribution in [-0.4, -0.2) is 54.8 Å². The summed E-state index contributed by atoms with van der Waals surface area (Å²) in [5.41, 5.74) is 1.75. The quantitative estimate of drug-likeness (QED) is 0.581. The maximum Gasteiger partial charge on any atom is 0.253 e. The van der Waals surface area contributed by atoms with Gasteiger partial charge in [-0.15, -0.1) is 11.8 Å². The summed E-state index contributed by atoms with van der Waals surface area (Å²) < 4.78 is 6.42. The highest BCUT2D eigenvalue weighted by atomic mass is 32.2. The summed E-state index contributed by atoms with van der Waals surface area (Å²) in [6.07, 6.45) is 0. The van der Waals surface area contributed by atoms with Crippen molar-refractivity contribution in [3.8, 4) is 5.75 Å². The normalized spacial score (nSPS) is 14.5. The number of hydrogen-bond donors (Lipinski definition) is 0. The standard InChI is InChI=1S/C21H23N3O2S2/c1-3-27-17-7-4-15(5-8-17)20(25)23-10-12-24(13-11-23)21-22-18-9-6-16(26-2)14-19(18)28-21/h4-9,14H,3,10-13H2,1-2H3. The topological polar surface area (TPSA) is 45.7 Å². The molecule has 0 radical (unpaired) electrons. The third kappa shape index (κ3) is 3.95. The van der Waals surface area contributed by atoms with E-state index in [1.807, 2.05) is 47.4 Å². The number of thiazole rings is 1. The molecular formula is C21H23N3O2S2. The van der Waals surface area contributed by atoms with Crippen LogP contribution in [0.1, 0.15) is 17.3 Å². The van der Waals surface area contributed by atoms with Crippen LogP contribution in [-0.2, 0) is 0 Å². The van der Waals surface area contributed by atoms with Crippen molar-refractivity contribution >= 4 is 44.4 Å². The second kappa shape index (κ2) is 8.41. The molecule has 0 spiro atoms. The number of ether oxygens (including phenoxy) is 1. The summed E-state index contributed by atoms with van der Waals surface area (Å²) in [6.45, 7) is 5.15. The van der Waals surface area contributed by atoms with Gasteiger partial charge in [0.15, 0.2) is 5.13 Å². The largest absolute Gasteiger partial charge is 0.497 e. The minimum Gasteiger partial charge on any atom is -0.497 e. The van der Waals surface area contributed by atoms with Crippen molar-refractivity contribution in [2.24, 2.45) is 0 Å². The summed E-state index contributed by atoms with van der Waals surface area (Å²) in [7, 11) is 1.68. The molecule has 7 heteroatoms. The molecule has 0 aliphatic carbocycles. The maximum absolute atomic E-state index is 12.8. The molecule has 146 valence electrons. The average Bonchev–Trinajstić information content (AvgIpc) is 3.17. The number of piperazine rings is 1. The van der Waals surface area contributed by atoms with Crippen LogP contribution in [0.5, 0.6) is 5.75 Å². The van der Waals surface area contributed by atoms with E-state index in [0.717, 1.165) is 45.5 Å². The first-order valence-corrected chi connectivity index (χ1v) is 11.2. The molecule has 1 aliphatic rings. The molecule has 4 rings (SSSR count). The number of carbonyl (C=O) groups is 1. The predicted octanol–water partition coefficient (Wildman–Crippen LogP) is 4.38. The Hall–Kier alpha value is -2.25. The van der Waals surface area contributed by atoms with Crippen molar-refractivity contribution in [1.29, 1.82) is 0 Å². The highest BCUT2D eigenvalue weighted by Gasteiger charge is 2.24. The fraction of sp³-hybridized carbons (Fsp3) is 0.333. The average molecular weight is 414 g/mol. The number of benzene rings is 2. The second-order valence-electron chi connectivity index (χ2n) is 6.57. The van der Waals surface area contributed by atoms with Gasteiger partial charge in [-0.2, -0.15) is 0 Å². The van der Waals surface area contributed by atoms with Gasteiger partial charge in [-0.1, -0.05) is 18.3 Å². The van der Waals surface area contributed by atoms with Crippen LogP contribution in [0.4, 0.5) is 5.13 Å². The Kier molecular flexibility index (Phi) is 5.73. The van der Waals surface area contributed by atoms with E-state index >= 15 is 0 Å². The van der Waals surface area contributed by atoms with Gasteiger partial charge in [0.1, 0.15) is 5.75 Å². The minimum atomic E-state index is 0.113. The molecule has 1 saturated heterocycles. The van der Waals surface area contributed by atoms with Crippen LogP contribution in [0.2, 0.25) is 0 Å². The fourth-order valence-corrected chi connectivity index (χ4v) is 5.01. The Labute approximate surface area is 173 Å². The van der Waals surface area contributed by atoms with Gasteiger partial charge in [0, 0.05) is 36.6 Å². The van der Waals surface area contributed by atoms with E-state index in [2.05, 4.69) is 11.8 Å². The lowest BCUT2D eigenvalue weighted by Gasteiger charge is -2.34. The SMILES string of the molecule is CCSc1ccc(C(=O)N2CCN(c3nc4ccc(OC)cc4s3)CC2)cc1. The molecule has 1 fully saturated rings. The number of amides is 1. The number of fused-ring (bicyclic) bond motifs is 1. The molecule has 0 bridgehead atoms. The van der Waals surface area contributed by atoms with E-state index in [0.29, 0.717) is 13.1 Å². The third-order valence-corrected chi connectivity index (χ3v) is 6.81. The van der Waals surface area contributed by atoms with Crippen LogP contribution in [0, 0.1) is 0 Å². The number of anilines is 1. The van der Waals surface area contributed by atoms with Crippen LogP contribution in [0.25, 0.3) is 10.2 Å². The third-order valence-electron chi connectivity index (χ3n) is 4.83. The van der Waals surface area contributed by atoms with E-state index in [1.165, 1.54) is 4.90 Å². The Bertz CT molecular complexity index is 963. The van der Waals surface area contributed by atoms with Crippen molar-refractivity contribution in [2.75, 3.05) is 43.9 Å². The van der Waals surface area contributed by atoms with E-state index in [9.17, 15) is 4.79 Å². The maximum atomic E-state index is 12.8. The van der Waals surface area contributed by atoms with Gasteiger partial charge in [-0.05, 0) is 48.2 Å². The molecule has 0 unspecified atom stereocenters. The van der Waals surface area contributed by atoms with Gasteiger partial charge in [0.2, 0.25) is 0 Å². The van der Waals surface area contributed by atoms with Crippen LogP contribution < -0.4 is 9.64 Å². The smallest absolute Gasteiger partial charge is 0.253 e. The van der Waals surface area contributed by atoms with Crippen LogP contribution in [0.15, 0.2) is 47.4 Å². The van der Waals surface area contributed by atoms with Gasteiger partial charge >= 0.3 is 0 Å². The summed E-state index contributed by atoms with van der Waals surface area (Å²) in [5, 5.41) is 1.01. The van der Waals surface area contributed by atoms with E-state index in [4.69, 9.17) is 9.72 Å². The first-order valence-electron chi connectivity index (χ1n) is 9.39. The molecule has 2 heterocycles. The van der Waals surface area contributed by atoms with Crippen molar-refractivity contribution < 1.29 is 9.53 Å². The summed E-state index contributed by atoms with van der Waals surface area (Å²) >= 11 is 3.46. The van der Waals surface area contributed by atoms with Gasteiger partial charge in [0.05, 0.1) is 17.3 Å². The summed E-state index contributed by atoms with van der Waals surface area (Å²) in [6, 6.07) is 13.9. The van der Waals surface area contributed by atoms with E-state index in [1.54, 1.807) is 30.2 Å². The number of nitrogens with zero attached hydrogens (tertiary/aromatic N) is 3. The van der Waals surface area contributed by atoms with Crippen LogP contribution in [0.3, 0.4) is 0 Å². The van der Waals surface area contributed by atoms with E-state index in [-0.39, 0.29) is 5.91 Å². The monoisotopic (exact) mass is 413 g/mol. The highest BCUT2D eigenvalue weighted by Crippen LogP contribution is 2.32. The first-order chi connectivity index (χ1) is 13.7. The summed E-state index contributed by atoms with van der Waals surface area (Å²) in [5.74, 6) is 2.00. The molecule has 1 aliphatic heterocycles. The molecular weight excluding hydrogens is 390 g/mol. The number of aromatic nitrogens is 1. The summed E-state index contributed by atoms with van der Waals surface area (Å²) in [4.78, 5) is 23.0. The Morgan fingerprint density at radius 1 is 1.14 bits per heavy atom. The Morgan fingerprint density at radius 2 is 1.89 bits per heavy atom. The molecule has 0 saturated carbocycles. The Balaban J connectivity index is 1.40. The van der Waals surface area contributed by atoms with Gasteiger partial charge in [0.25, 0.3) is 5.91 Å². The molecule has 1 amide bonds. The number of carbonyl (C=O) groups excluding carboxylic acids is 1. The van der Waals surface area contributed by atoms with Crippen molar-refractivity contribution in [2.45, 2.75) is 11.8 Å². The molecule has 2 aromatic carbocycles. The molecule has 3 aromatic rings. The second-order valence-corrected chi connectivity index (χ2v) is 8.91. The highest BCUT2D eigenvalue weighted by molar-refractivity contribution is 7.99. The van der Waals surface area contributed by atoms with Gasteiger partial charge < -0.3 is 14.5 Å². The number of hydrogen-bond acceptors (Lipinski definition) is 6. The molecule has 1 aromatic heterocycles. The van der Waals surface area contributed by atoms with Crippen molar-refractivity contribution in [3.63, 3.8) is 0 Å². The zero-order chi connectivity index (χ0) is 19.5. The number of thioether (sulfide) groups is 1. The van der Waals surface area contributed by atoms with E-state index < -0.39 is 0 Å². The van der Waals surface area contributed by atoms with Crippen molar-refractivity contribution in [3.05, 3.63) is 48.0 Å². The lowest BCUT2D eigenvalue weighted by molar-refractivity contribution is 0.0746.